The first kappa shape index (κ1) is 14.4. The van der Waals surface area contributed by atoms with Crippen LogP contribution in [0.5, 0.6) is 0 Å². The molecule has 0 bridgehead atoms. The normalized spacial score (nSPS) is 17.8. The van der Waals surface area contributed by atoms with Gasteiger partial charge in [0, 0.05) is 6.54 Å². The largest absolute Gasteiger partial charge is 0.481 e. The molecule has 5 heteroatoms. The topological polar surface area (TPSA) is 66.8 Å². The SMILES string of the molecule is CC(C)(C)OC(=O)N1Cc2ccccc2[C@H]1CC(=O)O. The summed E-state index contributed by atoms with van der Waals surface area (Å²) in [7, 11) is 0. The lowest BCUT2D eigenvalue weighted by atomic mass is 10.0. The van der Waals surface area contributed by atoms with E-state index in [9.17, 15) is 9.59 Å². The highest BCUT2D eigenvalue weighted by Crippen LogP contribution is 2.36. The Bertz CT molecular complexity index is 533. The molecular weight excluding hydrogens is 258 g/mol. The monoisotopic (exact) mass is 277 g/mol. The third-order valence-electron chi connectivity index (χ3n) is 3.13. The number of carboxylic acid groups (broad SMARTS) is 1. The van der Waals surface area contributed by atoms with Crippen LogP contribution in [0.3, 0.4) is 0 Å². The summed E-state index contributed by atoms with van der Waals surface area (Å²) in [6.07, 6.45) is -0.587. The average molecular weight is 277 g/mol. The third kappa shape index (κ3) is 3.10. The van der Waals surface area contributed by atoms with Crippen LogP contribution in [0.25, 0.3) is 0 Å². The van der Waals surface area contributed by atoms with Gasteiger partial charge in [-0.15, -0.1) is 0 Å². The maximum atomic E-state index is 12.2. The fraction of sp³-hybridized carbons (Fsp3) is 0.467. The molecule has 0 spiro atoms. The highest BCUT2D eigenvalue weighted by molar-refractivity contribution is 5.73. The van der Waals surface area contributed by atoms with Crippen molar-refractivity contribution in [1.29, 1.82) is 0 Å². The lowest BCUT2D eigenvalue weighted by Gasteiger charge is -2.28. The zero-order valence-corrected chi connectivity index (χ0v) is 11.9. The number of nitrogens with zero attached hydrogens (tertiary/aromatic N) is 1. The van der Waals surface area contributed by atoms with Gasteiger partial charge in [0.1, 0.15) is 5.60 Å². The number of fused-ring (bicyclic) bond motifs is 1. The zero-order chi connectivity index (χ0) is 14.9. The van der Waals surface area contributed by atoms with Gasteiger partial charge in [-0.1, -0.05) is 24.3 Å². The van der Waals surface area contributed by atoms with Crippen molar-refractivity contribution in [2.24, 2.45) is 0 Å². The first-order valence-corrected chi connectivity index (χ1v) is 6.57. The molecule has 1 aromatic rings. The summed E-state index contributed by atoms with van der Waals surface area (Å²) in [6, 6.07) is 7.06. The minimum Gasteiger partial charge on any atom is -0.481 e. The molecule has 0 saturated heterocycles. The molecule has 1 aliphatic rings. The predicted molar refractivity (Wildman–Crippen MR) is 73.2 cm³/mol. The Kier molecular flexibility index (Phi) is 3.70. The molecule has 1 heterocycles. The van der Waals surface area contributed by atoms with Gasteiger partial charge in [0.2, 0.25) is 0 Å². The quantitative estimate of drug-likeness (QED) is 0.902. The number of ether oxygens (including phenoxy) is 1. The maximum absolute atomic E-state index is 12.2. The number of aliphatic carboxylic acids is 1. The number of benzene rings is 1. The summed E-state index contributed by atoms with van der Waals surface area (Å²) in [6.45, 7) is 5.77. The molecule has 1 N–H and O–H groups in total. The molecular formula is C15H19NO4. The Hall–Kier alpha value is -2.04. The van der Waals surface area contributed by atoms with Crippen LogP contribution in [-0.2, 0) is 16.1 Å². The van der Waals surface area contributed by atoms with Crippen molar-refractivity contribution in [3.8, 4) is 0 Å². The Morgan fingerprint density at radius 1 is 1.35 bits per heavy atom. The van der Waals surface area contributed by atoms with Gasteiger partial charge >= 0.3 is 12.1 Å². The first-order chi connectivity index (χ1) is 9.28. The minimum absolute atomic E-state index is 0.115. The lowest BCUT2D eigenvalue weighted by Crippen LogP contribution is -2.36. The molecule has 20 heavy (non-hydrogen) atoms. The summed E-state index contributed by atoms with van der Waals surface area (Å²) in [5.74, 6) is -0.930. The molecule has 1 aromatic carbocycles. The van der Waals surface area contributed by atoms with E-state index in [0.29, 0.717) is 6.54 Å². The van der Waals surface area contributed by atoms with Crippen molar-refractivity contribution >= 4 is 12.1 Å². The molecule has 1 atom stereocenters. The number of rotatable bonds is 2. The number of carbonyl (C=O) groups excluding carboxylic acids is 1. The van der Waals surface area contributed by atoms with Crippen LogP contribution in [0.15, 0.2) is 24.3 Å². The standard InChI is InChI=1S/C15H19NO4/c1-15(2,3)20-14(19)16-9-10-6-4-5-7-11(10)12(16)8-13(17)18/h4-7,12H,8-9H2,1-3H3,(H,17,18)/t12-/m1/s1. The molecule has 0 radical (unpaired) electrons. The highest BCUT2D eigenvalue weighted by atomic mass is 16.6. The van der Waals surface area contributed by atoms with Gasteiger partial charge in [0.15, 0.2) is 0 Å². The van der Waals surface area contributed by atoms with Crippen LogP contribution in [0.4, 0.5) is 4.79 Å². The number of amides is 1. The van der Waals surface area contributed by atoms with Crippen molar-refractivity contribution < 1.29 is 19.4 Å². The Morgan fingerprint density at radius 3 is 2.60 bits per heavy atom. The van der Waals surface area contributed by atoms with Crippen LogP contribution in [-0.4, -0.2) is 27.7 Å². The van der Waals surface area contributed by atoms with E-state index in [1.165, 1.54) is 4.90 Å². The predicted octanol–water partition coefficient (Wildman–Crippen LogP) is 2.95. The number of carbonyl (C=O) groups is 2. The van der Waals surface area contributed by atoms with E-state index in [2.05, 4.69) is 0 Å². The fourth-order valence-corrected chi connectivity index (χ4v) is 2.36. The van der Waals surface area contributed by atoms with Crippen molar-refractivity contribution in [2.45, 2.75) is 45.4 Å². The van der Waals surface area contributed by atoms with E-state index >= 15 is 0 Å². The Morgan fingerprint density at radius 2 is 2.00 bits per heavy atom. The van der Waals surface area contributed by atoms with Crippen LogP contribution >= 0.6 is 0 Å². The van der Waals surface area contributed by atoms with Crippen molar-refractivity contribution in [3.63, 3.8) is 0 Å². The second-order valence-corrected chi connectivity index (χ2v) is 5.92. The molecule has 0 unspecified atom stereocenters. The number of hydrogen-bond donors (Lipinski definition) is 1. The second-order valence-electron chi connectivity index (χ2n) is 5.92. The van der Waals surface area contributed by atoms with Crippen molar-refractivity contribution in [1.82, 2.24) is 4.90 Å². The fourth-order valence-electron chi connectivity index (χ4n) is 2.36. The van der Waals surface area contributed by atoms with E-state index in [1.54, 1.807) is 20.8 Å². The van der Waals surface area contributed by atoms with E-state index in [0.717, 1.165) is 11.1 Å². The average Bonchev–Trinajstić information content (AvgIpc) is 2.66. The summed E-state index contributed by atoms with van der Waals surface area (Å²) < 4.78 is 5.36. The van der Waals surface area contributed by atoms with Crippen LogP contribution in [0.2, 0.25) is 0 Å². The van der Waals surface area contributed by atoms with Gasteiger partial charge in [-0.3, -0.25) is 9.69 Å². The van der Waals surface area contributed by atoms with Gasteiger partial charge in [-0.25, -0.2) is 4.79 Å². The van der Waals surface area contributed by atoms with Crippen LogP contribution in [0.1, 0.15) is 44.4 Å². The molecule has 0 aromatic heterocycles. The van der Waals surface area contributed by atoms with Crippen molar-refractivity contribution in [3.05, 3.63) is 35.4 Å². The molecule has 1 aliphatic heterocycles. The number of carboxylic acids is 1. The van der Waals surface area contributed by atoms with E-state index in [4.69, 9.17) is 9.84 Å². The minimum atomic E-state index is -0.930. The maximum Gasteiger partial charge on any atom is 0.411 e. The van der Waals surface area contributed by atoms with Gasteiger partial charge < -0.3 is 9.84 Å². The first-order valence-electron chi connectivity index (χ1n) is 6.57. The molecule has 108 valence electrons. The summed E-state index contributed by atoms with van der Waals surface area (Å²) in [5, 5.41) is 9.05. The Balaban J connectivity index is 2.25. The molecule has 1 amide bonds. The summed E-state index contributed by atoms with van der Waals surface area (Å²) in [5.41, 5.74) is 1.27. The molecule has 0 fully saturated rings. The smallest absolute Gasteiger partial charge is 0.411 e. The van der Waals surface area contributed by atoms with Crippen LogP contribution < -0.4 is 0 Å². The van der Waals surface area contributed by atoms with E-state index in [-0.39, 0.29) is 6.42 Å². The van der Waals surface area contributed by atoms with Gasteiger partial charge in [0.05, 0.1) is 12.5 Å². The summed E-state index contributed by atoms with van der Waals surface area (Å²) in [4.78, 5) is 24.8. The molecule has 2 rings (SSSR count). The molecule has 0 aliphatic carbocycles. The summed E-state index contributed by atoms with van der Waals surface area (Å²) >= 11 is 0. The number of hydrogen-bond acceptors (Lipinski definition) is 3. The highest BCUT2D eigenvalue weighted by Gasteiger charge is 2.36. The van der Waals surface area contributed by atoms with Gasteiger partial charge in [0.25, 0.3) is 0 Å². The van der Waals surface area contributed by atoms with Gasteiger partial charge in [-0.05, 0) is 31.9 Å². The van der Waals surface area contributed by atoms with Crippen LogP contribution in [0, 0.1) is 0 Å². The lowest BCUT2D eigenvalue weighted by molar-refractivity contribution is -0.138. The van der Waals surface area contributed by atoms with Crippen molar-refractivity contribution in [2.75, 3.05) is 0 Å². The second kappa shape index (κ2) is 5.15. The van der Waals surface area contributed by atoms with E-state index < -0.39 is 23.7 Å². The Labute approximate surface area is 118 Å². The van der Waals surface area contributed by atoms with E-state index in [1.807, 2.05) is 24.3 Å². The third-order valence-corrected chi connectivity index (χ3v) is 3.13. The van der Waals surface area contributed by atoms with Gasteiger partial charge in [-0.2, -0.15) is 0 Å². The zero-order valence-electron chi connectivity index (χ0n) is 11.9. The molecule has 0 saturated carbocycles. The molecule has 5 nitrogen and oxygen atoms in total.